The Bertz CT molecular complexity index is 642. The molecule has 2 N–H and O–H groups in total. The molecule has 0 fully saturated rings. The number of nitrogens with one attached hydrogen (secondary N) is 2. The molecule has 0 unspecified atom stereocenters. The quantitative estimate of drug-likeness (QED) is 0.826. The van der Waals surface area contributed by atoms with Gasteiger partial charge in [0.25, 0.3) is 0 Å². The van der Waals surface area contributed by atoms with Crippen LogP contribution >= 0.6 is 11.6 Å². The van der Waals surface area contributed by atoms with Gasteiger partial charge in [-0.05, 0) is 46.0 Å². The van der Waals surface area contributed by atoms with Gasteiger partial charge < -0.3 is 10.6 Å². The molecule has 0 spiro atoms. The maximum Gasteiger partial charge on any atom is 0.417 e. The predicted octanol–water partition coefficient (Wildman–Crippen LogP) is 3.14. The van der Waals surface area contributed by atoms with Crippen LogP contribution in [0, 0.1) is 0 Å². The second-order valence-electron chi connectivity index (χ2n) is 6.71. The molecule has 9 heteroatoms. The highest BCUT2D eigenvalue weighted by Crippen LogP contribution is 2.36. The van der Waals surface area contributed by atoms with Crippen molar-refractivity contribution in [1.29, 1.82) is 0 Å². The molecule has 25 heavy (non-hydrogen) atoms. The molecule has 0 aliphatic heterocycles. The van der Waals surface area contributed by atoms with Crippen LogP contribution < -0.4 is 10.6 Å². The number of hydrogen-bond acceptors (Lipinski definition) is 3. The van der Waals surface area contributed by atoms with E-state index in [4.69, 9.17) is 11.6 Å². The van der Waals surface area contributed by atoms with Crippen LogP contribution in [0.15, 0.2) is 18.2 Å². The normalized spacial score (nSPS) is 12.2. The minimum Gasteiger partial charge on any atom is -0.350 e. The fourth-order valence-electron chi connectivity index (χ4n) is 2.02. The van der Waals surface area contributed by atoms with Crippen LogP contribution in [0.2, 0.25) is 5.02 Å². The molecule has 0 aromatic heterocycles. The highest BCUT2D eigenvalue weighted by atomic mass is 35.5. The largest absolute Gasteiger partial charge is 0.417 e. The summed E-state index contributed by atoms with van der Waals surface area (Å²) in [6, 6.07) is 3.12. The van der Waals surface area contributed by atoms with Crippen molar-refractivity contribution < 1.29 is 22.8 Å². The first-order valence-electron chi connectivity index (χ1n) is 7.44. The summed E-state index contributed by atoms with van der Waals surface area (Å²) in [6.07, 6.45) is -4.61. The van der Waals surface area contributed by atoms with E-state index in [-0.39, 0.29) is 24.7 Å². The molecule has 5 nitrogen and oxygen atoms in total. The van der Waals surface area contributed by atoms with Gasteiger partial charge in [-0.2, -0.15) is 13.2 Å². The van der Waals surface area contributed by atoms with Crippen LogP contribution in [-0.2, 0) is 15.8 Å². The second-order valence-corrected chi connectivity index (χ2v) is 7.12. The van der Waals surface area contributed by atoms with Crippen molar-refractivity contribution in [1.82, 2.24) is 10.2 Å². The standard InChI is InChI=1S/C16H21ClF3N3O2/c1-15(2,3)22-14(25)9-23(4)8-13(24)21-10-5-6-12(17)11(7-10)16(18,19)20/h5-7H,8-9H2,1-4H3,(H,21,24)(H,22,25). The molecule has 1 rings (SSSR count). The summed E-state index contributed by atoms with van der Waals surface area (Å²) in [7, 11) is 1.56. The Hall–Kier alpha value is -1.80. The first-order valence-corrected chi connectivity index (χ1v) is 7.82. The summed E-state index contributed by atoms with van der Waals surface area (Å²) >= 11 is 5.53. The van der Waals surface area contributed by atoms with E-state index in [9.17, 15) is 22.8 Å². The third-order valence-corrected chi connectivity index (χ3v) is 3.23. The first-order chi connectivity index (χ1) is 11.3. The zero-order valence-corrected chi connectivity index (χ0v) is 15.2. The Balaban J connectivity index is 2.64. The molecule has 0 aliphatic rings. The average Bonchev–Trinajstić information content (AvgIpc) is 2.36. The van der Waals surface area contributed by atoms with E-state index in [1.807, 2.05) is 20.8 Å². The van der Waals surface area contributed by atoms with Crippen molar-refractivity contribution in [3.05, 3.63) is 28.8 Å². The number of amides is 2. The minimum absolute atomic E-state index is 0.0148. The van der Waals surface area contributed by atoms with Gasteiger partial charge in [-0.15, -0.1) is 0 Å². The van der Waals surface area contributed by atoms with E-state index in [1.54, 1.807) is 7.05 Å². The Kier molecular flexibility index (Phi) is 6.84. The minimum atomic E-state index is -4.61. The van der Waals surface area contributed by atoms with E-state index in [0.29, 0.717) is 0 Å². The van der Waals surface area contributed by atoms with Crippen molar-refractivity contribution in [3.8, 4) is 0 Å². The summed E-state index contributed by atoms with van der Waals surface area (Å²) in [4.78, 5) is 25.2. The fourth-order valence-corrected chi connectivity index (χ4v) is 2.25. The molecular formula is C16H21ClF3N3O2. The molecule has 1 aromatic rings. The highest BCUT2D eigenvalue weighted by molar-refractivity contribution is 6.31. The lowest BCUT2D eigenvalue weighted by Gasteiger charge is -2.23. The number of carbonyl (C=O) groups is 2. The van der Waals surface area contributed by atoms with Gasteiger partial charge in [-0.1, -0.05) is 11.6 Å². The van der Waals surface area contributed by atoms with Crippen molar-refractivity contribution in [2.24, 2.45) is 0 Å². The van der Waals surface area contributed by atoms with E-state index in [2.05, 4.69) is 10.6 Å². The third kappa shape index (κ3) is 7.74. The van der Waals surface area contributed by atoms with Crippen LogP contribution in [-0.4, -0.2) is 42.4 Å². The van der Waals surface area contributed by atoms with Gasteiger partial charge in [0, 0.05) is 11.2 Å². The van der Waals surface area contributed by atoms with Gasteiger partial charge in [0.15, 0.2) is 0 Å². The van der Waals surface area contributed by atoms with Gasteiger partial charge in [-0.25, -0.2) is 0 Å². The Labute approximate surface area is 149 Å². The molecule has 0 saturated carbocycles. The van der Waals surface area contributed by atoms with Crippen molar-refractivity contribution in [3.63, 3.8) is 0 Å². The number of nitrogens with zero attached hydrogens (tertiary/aromatic N) is 1. The molecule has 0 atom stereocenters. The average molecular weight is 380 g/mol. The summed E-state index contributed by atoms with van der Waals surface area (Å²) in [5.74, 6) is -0.796. The number of likely N-dealkylation sites (N-methyl/N-ethyl adjacent to an activating group) is 1. The first kappa shape index (κ1) is 21.2. The summed E-state index contributed by atoms with van der Waals surface area (Å²) in [5, 5.41) is 4.67. The number of benzene rings is 1. The van der Waals surface area contributed by atoms with E-state index >= 15 is 0 Å². The summed E-state index contributed by atoms with van der Waals surface area (Å²) in [6.45, 7) is 5.32. The van der Waals surface area contributed by atoms with Gasteiger partial charge in [0.2, 0.25) is 11.8 Å². The Morgan fingerprint density at radius 2 is 1.68 bits per heavy atom. The molecule has 0 saturated heterocycles. The van der Waals surface area contributed by atoms with Gasteiger partial charge in [-0.3, -0.25) is 14.5 Å². The summed E-state index contributed by atoms with van der Waals surface area (Å²) < 4.78 is 38.4. The van der Waals surface area contributed by atoms with Gasteiger partial charge >= 0.3 is 6.18 Å². The fraction of sp³-hybridized carbons (Fsp3) is 0.500. The van der Waals surface area contributed by atoms with Gasteiger partial charge in [0.05, 0.1) is 23.7 Å². The number of hydrogen-bond donors (Lipinski definition) is 2. The third-order valence-electron chi connectivity index (χ3n) is 2.90. The lowest BCUT2D eigenvalue weighted by atomic mass is 10.1. The Morgan fingerprint density at radius 1 is 1.12 bits per heavy atom. The molecule has 2 amide bonds. The second kappa shape index (κ2) is 8.05. The van der Waals surface area contributed by atoms with Crippen LogP contribution in [0.3, 0.4) is 0 Å². The zero-order chi connectivity index (χ0) is 19.4. The maximum atomic E-state index is 12.8. The smallest absolute Gasteiger partial charge is 0.350 e. The number of rotatable bonds is 5. The highest BCUT2D eigenvalue weighted by Gasteiger charge is 2.33. The van der Waals surface area contributed by atoms with Crippen LogP contribution in [0.25, 0.3) is 0 Å². The molecule has 0 radical (unpaired) electrons. The van der Waals surface area contributed by atoms with Gasteiger partial charge in [0.1, 0.15) is 0 Å². The van der Waals surface area contributed by atoms with Crippen molar-refractivity contribution in [2.75, 3.05) is 25.5 Å². The molecule has 0 bridgehead atoms. The van der Waals surface area contributed by atoms with Crippen molar-refractivity contribution in [2.45, 2.75) is 32.5 Å². The summed E-state index contributed by atoms with van der Waals surface area (Å²) in [5.41, 5.74) is -1.43. The van der Waals surface area contributed by atoms with Crippen LogP contribution in [0.1, 0.15) is 26.3 Å². The maximum absolute atomic E-state index is 12.8. The zero-order valence-electron chi connectivity index (χ0n) is 14.4. The molecule has 0 heterocycles. The Morgan fingerprint density at radius 3 is 2.20 bits per heavy atom. The predicted molar refractivity (Wildman–Crippen MR) is 90.5 cm³/mol. The van der Waals surface area contributed by atoms with Crippen molar-refractivity contribution >= 4 is 29.1 Å². The van der Waals surface area contributed by atoms with E-state index in [0.717, 1.165) is 12.1 Å². The number of halogens is 4. The molecule has 140 valence electrons. The molecule has 1 aromatic carbocycles. The number of alkyl halides is 3. The number of anilines is 1. The van der Waals surface area contributed by atoms with E-state index in [1.165, 1.54) is 11.0 Å². The van der Waals surface area contributed by atoms with Crippen LogP contribution in [0.5, 0.6) is 0 Å². The lowest BCUT2D eigenvalue weighted by Crippen LogP contribution is -2.46. The number of carbonyl (C=O) groups excluding carboxylic acids is 2. The molecule has 0 aliphatic carbocycles. The lowest BCUT2D eigenvalue weighted by molar-refractivity contribution is -0.137. The molecular weight excluding hydrogens is 359 g/mol. The monoisotopic (exact) mass is 379 g/mol. The van der Waals surface area contributed by atoms with Crippen LogP contribution in [0.4, 0.5) is 18.9 Å². The SMILES string of the molecule is CN(CC(=O)Nc1ccc(Cl)c(C(F)(F)F)c1)CC(=O)NC(C)(C)C. The topological polar surface area (TPSA) is 61.4 Å². The van der Waals surface area contributed by atoms with E-state index < -0.39 is 28.2 Å².